The number of hydrogen-bond donors (Lipinski definition) is 1. The maximum atomic E-state index is 13.9. The first-order chi connectivity index (χ1) is 18.4. The molecule has 0 amide bonds. The highest BCUT2D eigenvalue weighted by molar-refractivity contribution is 7.89. The molecular weight excluding hydrogens is 695 g/mol. The van der Waals surface area contributed by atoms with E-state index in [1.165, 1.54) is 23.7 Å². The van der Waals surface area contributed by atoms with Crippen molar-refractivity contribution in [1.82, 2.24) is 9.62 Å². The first-order valence-corrected chi connectivity index (χ1v) is 12.1. The van der Waals surface area contributed by atoms with E-state index in [0.29, 0.717) is 0 Å². The topological polar surface area (TPSA) is 49.4 Å². The van der Waals surface area contributed by atoms with E-state index < -0.39 is 88.2 Å². The number of sulfonamides is 1. The molecule has 0 aromatic rings. The second kappa shape index (κ2) is 11.6. The predicted octanol–water partition coefficient (Wildman–Crippen LogP) is 6.53. The fraction of sp³-hybridized carbons (Fsp3) is 1.00. The van der Waals surface area contributed by atoms with Gasteiger partial charge in [-0.15, -0.1) is 0 Å². The van der Waals surface area contributed by atoms with Gasteiger partial charge in [-0.3, -0.25) is 0 Å². The summed E-state index contributed by atoms with van der Waals surface area (Å²) in [4.78, 5) is 1.42. The van der Waals surface area contributed by atoms with Crippen molar-refractivity contribution in [1.29, 1.82) is 0 Å². The molecule has 1 N–H and O–H groups in total. The van der Waals surface area contributed by atoms with Gasteiger partial charge in [0, 0.05) is 13.0 Å². The van der Waals surface area contributed by atoms with Crippen molar-refractivity contribution < 1.29 is 101 Å². The van der Waals surface area contributed by atoms with Crippen LogP contribution < -0.4 is 4.72 Å². The zero-order valence-electron chi connectivity index (χ0n) is 20.6. The van der Waals surface area contributed by atoms with Gasteiger partial charge in [0.1, 0.15) is 0 Å². The van der Waals surface area contributed by atoms with Crippen LogP contribution >= 0.6 is 0 Å². The molecule has 0 aromatic heterocycles. The second-order valence-electron chi connectivity index (χ2n) is 8.92. The summed E-state index contributed by atoms with van der Waals surface area (Å²) in [5.74, 6) is -80.4. The smallest absolute Gasteiger partial charge is 0.309 e. The summed E-state index contributed by atoms with van der Waals surface area (Å²) < 4.78 is 305. The molecule has 0 aliphatic rings. The molecule has 0 aliphatic heterocycles. The molecule has 0 unspecified atom stereocenters. The SMILES string of the molecule is CN(C)CCCNS(=O)(=O)CCC(F)(F)C(F)(F)C(F)(F)C(F)(F)C(F)(F)C(F)(F)C(F)(F)C(F)(F)C(F)(F)C(F)(F)F. The number of rotatable bonds is 16. The number of halogens is 21. The van der Waals surface area contributed by atoms with Gasteiger partial charge in [-0.1, -0.05) is 0 Å². The number of nitrogens with zero attached hydrogens (tertiary/aromatic N) is 1. The number of hydrogen-bond acceptors (Lipinski definition) is 3. The van der Waals surface area contributed by atoms with Crippen molar-refractivity contribution in [2.75, 3.05) is 32.9 Å². The minimum atomic E-state index is -9.25. The molecule has 260 valence electrons. The Morgan fingerprint density at radius 1 is 0.512 bits per heavy atom. The molecule has 0 fully saturated rings. The van der Waals surface area contributed by atoms with Crippen LogP contribution in [0.25, 0.3) is 0 Å². The van der Waals surface area contributed by atoms with E-state index in [0.717, 1.165) is 0 Å². The van der Waals surface area contributed by atoms with E-state index in [1.807, 2.05) is 0 Å². The van der Waals surface area contributed by atoms with Crippen LogP contribution in [0, 0.1) is 0 Å². The minimum absolute atomic E-state index is 0.0930. The van der Waals surface area contributed by atoms with Crippen LogP contribution in [0.2, 0.25) is 0 Å². The van der Waals surface area contributed by atoms with Gasteiger partial charge in [-0.2, -0.15) is 92.2 Å². The van der Waals surface area contributed by atoms with Gasteiger partial charge >= 0.3 is 59.5 Å². The standard InChI is InChI=1S/C17H17F21N2O2S/c1-40(2)6-3-5-39-43(41,42)7-4-8(18,19)9(20,21)10(22,23)11(24,25)12(26,27)13(28,29)14(30,31)15(32,33)16(34,35)17(36,37)38/h39H,3-7H2,1-2H3. The lowest BCUT2D eigenvalue weighted by Crippen LogP contribution is -2.76. The maximum Gasteiger partial charge on any atom is 0.460 e. The minimum Gasteiger partial charge on any atom is -0.309 e. The van der Waals surface area contributed by atoms with E-state index in [9.17, 15) is 101 Å². The van der Waals surface area contributed by atoms with Crippen LogP contribution in [-0.4, -0.2) is 106 Å². The molecule has 0 rings (SSSR count). The van der Waals surface area contributed by atoms with Crippen molar-refractivity contribution in [2.45, 2.75) is 72.3 Å². The highest BCUT2D eigenvalue weighted by Gasteiger charge is 2.97. The molecule has 0 saturated heterocycles. The monoisotopic (exact) mass is 712 g/mol. The van der Waals surface area contributed by atoms with Gasteiger partial charge in [0.2, 0.25) is 10.0 Å². The summed E-state index contributed by atoms with van der Waals surface area (Å²) in [6.45, 7) is -0.556. The summed E-state index contributed by atoms with van der Waals surface area (Å²) in [7, 11) is -2.31. The lowest BCUT2D eigenvalue weighted by atomic mass is 9.86. The zero-order chi connectivity index (χ0) is 35.3. The molecule has 0 aromatic carbocycles. The highest BCUT2D eigenvalue weighted by Crippen LogP contribution is 2.66. The van der Waals surface area contributed by atoms with E-state index in [4.69, 9.17) is 0 Å². The first kappa shape index (κ1) is 41.4. The fourth-order valence-corrected chi connectivity index (χ4v) is 3.83. The fourth-order valence-electron chi connectivity index (χ4n) is 2.71. The summed E-state index contributed by atoms with van der Waals surface area (Å²) >= 11 is 0. The van der Waals surface area contributed by atoms with Crippen LogP contribution in [0.4, 0.5) is 92.2 Å². The normalized spacial score (nSPS) is 16.3. The van der Waals surface area contributed by atoms with Crippen molar-refractivity contribution in [3.05, 3.63) is 0 Å². The molecule has 0 spiro atoms. The van der Waals surface area contributed by atoms with E-state index in [1.54, 1.807) is 0 Å². The van der Waals surface area contributed by atoms with Gasteiger partial charge in [-0.05, 0) is 27.1 Å². The van der Waals surface area contributed by atoms with Crippen molar-refractivity contribution in [3.8, 4) is 0 Å². The van der Waals surface area contributed by atoms with Crippen LogP contribution in [-0.2, 0) is 10.0 Å². The lowest BCUT2D eigenvalue weighted by Gasteiger charge is -2.44. The third-order valence-electron chi connectivity index (χ3n) is 5.36. The van der Waals surface area contributed by atoms with Crippen molar-refractivity contribution >= 4 is 10.0 Å². The molecular formula is C17H17F21N2O2S. The van der Waals surface area contributed by atoms with Crippen LogP contribution in [0.3, 0.4) is 0 Å². The van der Waals surface area contributed by atoms with Gasteiger partial charge in [0.15, 0.2) is 0 Å². The molecule has 4 nitrogen and oxygen atoms in total. The Bertz CT molecular complexity index is 1070. The largest absolute Gasteiger partial charge is 0.460 e. The Morgan fingerprint density at radius 2 is 0.814 bits per heavy atom. The highest BCUT2D eigenvalue weighted by atomic mass is 32.2. The third kappa shape index (κ3) is 6.68. The number of nitrogens with one attached hydrogen (secondary N) is 1. The lowest BCUT2D eigenvalue weighted by molar-refractivity contribution is -0.474. The van der Waals surface area contributed by atoms with Crippen molar-refractivity contribution in [3.63, 3.8) is 0 Å². The van der Waals surface area contributed by atoms with Gasteiger partial charge in [-0.25, -0.2) is 13.1 Å². The average Bonchev–Trinajstić information content (AvgIpc) is 2.78. The molecule has 0 heterocycles. The van der Waals surface area contributed by atoms with Crippen LogP contribution in [0.1, 0.15) is 12.8 Å². The van der Waals surface area contributed by atoms with Crippen LogP contribution in [0.15, 0.2) is 0 Å². The molecule has 43 heavy (non-hydrogen) atoms. The third-order valence-corrected chi connectivity index (χ3v) is 6.75. The molecule has 26 heteroatoms. The van der Waals surface area contributed by atoms with E-state index in [-0.39, 0.29) is 13.0 Å². The van der Waals surface area contributed by atoms with Gasteiger partial charge < -0.3 is 4.90 Å². The quantitative estimate of drug-likeness (QED) is 0.147. The van der Waals surface area contributed by atoms with E-state index in [2.05, 4.69) is 0 Å². The van der Waals surface area contributed by atoms with Crippen LogP contribution in [0.5, 0.6) is 0 Å². The Hall–Kier alpha value is -1.60. The second-order valence-corrected chi connectivity index (χ2v) is 10.8. The predicted molar refractivity (Wildman–Crippen MR) is 100 cm³/mol. The molecule has 0 saturated carbocycles. The Labute approximate surface area is 226 Å². The Kier molecular flexibility index (Phi) is 11.2. The molecule has 0 atom stereocenters. The zero-order valence-corrected chi connectivity index (χ0v) is 21.5. The van der Waals surface area contributed by atoms with E-state index >= 15 is 0 Å². The van der Waals surface area contributed by atoms with Gasteiger partial charge in [0.25, 0.3) is 0 Å². The summed E-state index contributed by atoms with van der Waals surface area (Å²) in [5.41, 5.74) is 0. The molecule has 0 bridgehead atoms. The maximum absolute atomic E-state index is 13.9. The first-order valence-electron chi connectivity index (χ1n) is 10.5. The molecule has 0 aliphatic carbocycles. The number of alkyl halides is 21. The Morgan fingerprint density at radius 3 is 1.12 bits per heavy atom. The summed E-state index contributed by atoms with van der Waals surface area (Å²) in [6.07, 6.45) is -11.4. The van der Waals surface area contributed by atoms with Gasteiger partial charge in [0.05, 0.1) is 5.75 Å². The summed E-state index contributed by atoms with van der Waals surface area (Å²) in [5, 5.41) is 0. The Balaban J connectivity index is 6.59. The van der Waals surface area contributed by atoms with Crippen molar-refractivity contribution in [2.24, 2.45) is 0 Å². The summed E-state index contributed by atoms with van der Waals surface area (Å²) in [6, 6.07) is 0. The molecule has 0 radical (unpaired) electrons. The average molecular weight is 712 g/mol.